The summed E-state index contributed by atoms with van der Waals surface area (Å²) >= 11 is 1.30. The Bertz CT molecular complexity index is 887. The molecule has 2 aromatic carbocycles. The van der Waals surface area contributed by atoms with E-state index in [1.54, 1.807) is 0 Å². The number of rotatable bonds is 2. The van der Waals surface area contributed by atoms with Crippen LogP contribution in [0.3, 0.4) is 0 Å². The van der Waals surface area contributed by atoms with E-state index >= 15 is 0 Å². The number of amides is 2. The Balaban J connectivity index is 1.82. The Morgan fingerprint density at radius 3 is 2.52 bits per heavy atom. The van der Waals surface area contributed by atoms with Crippen LogP contribution in [0, 0.1) is 25.5 Å². The number of anilines is 2. The minimum absolute atomic E-state index is 0.364. The van der Waals surface area contributed by atoms with Crippen LogP contribution >= 0.6 is 11.3 Å². The van der Waals surface area contributed by atoms with Crippen molar-refractivity contribution in [1.29, 1.82) is 0 Å². The lowest BCUT2D eigenvalue weighted by atomic mass is 10.1. The van der Waals surface area contributed by atoms with Gasteiger partial charge in [0.15, 0.2) is 5.13 Å². The molecule has 0 unspecified atom stereocenters. The third-order valence-electron chi connectivity index (χ3n) is 3.25. The maximum Gasteiger partial charge on any atom is 0.325 e. The lowest BCUT2D eigenvalue weighted by Crippen LogP contribution is -2.20. The number of benzene rings is 2. The molecule has 0 aliphatic heterocycles. The van der Waals surface area contributed by atoms with Gasteiger partial charge in [-0.05, 0) is 43.2 Å². The number of urea groups is 1. The van der Waals surface area contributed by atoms with E-state index < -0.39 is 23.4 Å². The summed E-state index contributed by atoms with van der Waals surface area (Å²) in [4.78, 5) is 16.3. The van der Waals surface area contributed by atoms with Gasteiger partial charge in [-0.25, -0.2) is 18.6 Å². The Hall–Kier alpha value is -2.54. The molecule has 0 atom stereocenters. The second kappa shape index (κ2) is 5.92. The highest BCUT2D eigenvalue weighted by Gasteiger charge is 2.14. The molecule has 0 aliphatic rings. The van der Waals surface area contributed by atoms with Crippen molar-refractivity contribution >= 4 is 38.4 Å². The predicted octanol–water partition coefficient (Wildman–Crippen LogP) is 4.84. The van der Waals surface area contributed by atoms with Crippen molar-refractivity contribution in [3.8, 4) is 0 Å². The zero-order valence-corrected chi connectivity index (χ0v) is 13.2. The fourth-order valence-corrected chi connectivity index (χ4v) is 3.32. The summed E-state index contributed by atoms with van der Waals surface area (Å²) < 4.78 is 28.0. The molecule has 0 fully saturated rings. The molecule has 3 rings (SSSR count). The number of hydrogen-bond donors (Lipinski definition) is 2. The maximum atomic E-state index is 13.5. The van der Waals surface area contributed by atoms with Crippen molar-refractivity contribution in [2.24, 2.45) is 0 Å². The molecule has 4 nitrogen and oxygen atoms in total. The molecule has 2 N–H and O–H groups in total. The third-order valence-corrected chi connectivity index (χ3v) is 4.17. The molecular weight excluding hydrogens is 320 g/mol. The number of aromatic nitrogens is 1. The molecule has 0 spiro atoms. The summed E-state index contributed by atoms with van der Waals surface area (Å²) in [6, 6.07) is 6.60. The van der Waals surface area contributed by atoms with E-state index in [-0.39, 0.29) is 0 Å². The smallest absolute Gasteiger partial charge is 0.302 e. The van der Waals surface area contributed by atoms with Crippen LogP contribution < -0.4 is 10.6 Å². The van der Waals surface area contributed by atoms with E-state index in [4.69, 9.17) is 0 Å². The summed E-state index contributed by atoms with van der Waals surface area (Å²) in [6.45, 7) is 3.92. The van der Waals surface area contributed by atoms with Crippen molar-refractivity contribution in [2.45, 2.75) is 13.8 Å². The van der Waals surface area contributed by atoms with E-state index in [0.29, 0.717) is 5.13 Å². The number of fused-ring (bicyclic) bond motifs is 1. The van der Waals surface area contributed by atoms with Gasteiger partial charge in [-0.2, -0.15) is 0 Å². The number of nitrogens with zero attached hydrogens (tertiary/aromatic N) is 1. The molecule has 2 amide bonds. The van der Waals surface area contributed by atoms with Crippen LogP contribution in [-0.4, -0.2) is 11.0 Å². The predicted molar refractivity (Wildman–Crippen MR) is 88.1 cm³/mol. The van der Waals surface area contributed by atoms with E-state index in [1.807, 2.05) is 26.0 Å². The summed E-state index contributed by atoms with van der Waals surface area (Å²) in [5.41, 5.74) is 2.42. The van der Waals surface area contributed by atoms with Gasteiger partial charge < -0.3 is 5.32 Å². The van der Waals surface area contributed by atoms with Gasteiger partial charge in [-0.15, -0.1) is 0 Å². The van der Waals surface area contributed by atoms with Crippen LogP contribution in [0.1, 0.15) is 11.1 Å². The summed E-state index contributed by atoms with van der Waals surface area (Å²) in [5.74, 6) is -1.67. The van der Waals surface area contributed by atoms with Gasteiger partial charge in [0, 0.05) is 0 Å². The molecule has 1 heterocycles. The number of carbonyl (C=O) groups is 1. The summed E-state index contributed by atoms with van der Waals surface area (Å²) in [7, 11) is 0. The van der Waals surface area contributed by atoms with Gasteiger partial charge in [0.1, 0.15) is 17.3 Å². The maximum absolute atomic E-state index is 13.5. The molecule has 0 radical (unpaired) electrons. The molecule has 0 aliphatic carbocycles. The van der Waals surface area contributed by atoms with Gasteiger partial charge >= 0.3 is 6.03 Å². The van der Waals surface area contributed by atoms with Crippen LogP contribution in [0.2, 0.25) is 0 Å². The van der Waals surface area contributed by atoms with E-state index in [1.165, 1.54) is 17.4 Å². The third kappa shape index (κ3) is 3.14. The molecule has 23 heavy (non-hydrogen) atoms. The number of para-hydroxylation sites is 1. The normalized spacial score (nSPS) is 10.8. The quantitative estimate of drug-likeness (QED) is 0.705. The number of nitrogens with one attached hydrogen (secondary N) is 2. The van der Waals surface area contributed by atoms with Crippen molar-refractivity contribution in [2.75, 3.05) is 10.6 Å². The molecule has 0 bridgehead atoms. The van der Waals surface area contributed by atoms with Gasteiger partial charge in [0.25, 0.3) is 0 Å². The minimum atomic E-state index is -0.837. The summed E-state index contributed by atoms with van der Waals surface area (Å²) in [6.07, 6.45) is 0. The Morgan fingerprint density at radius 2 is 1.83 bits per heavy atom. The fraction of sp³-hybridized carbons (Fsp3) is 0.125. The standard InChI is InChI=1S/C16H13F2N3OS/c1-8-6-9(2)13-12(7-8)23-16(20-13)21-15(22)19-14-10(17)4-3-5-11(14)18/h3-7H,1-2H3,(H2,19,20,21,22). The van der Waals surface area contributed by atoms with Crippen molar-refractivity contribution < 1.29 is 13.6 Å². The first-order valence-corrected chi connectivity index (χ1v) is 7.65. The topological polar surface area (TPSA) is 54.0 Å². The van der Waals surface area contributed by atoms with E-state index in [2.05, 4.69) is 15.6 Å². The molecule has 7 heteroatoms. The monoisotopic (exact) mass is 333 g/mol. The van der Waals surface area contributed by atoms with Crippen molar-refractivity contribution in [3.63, 3.8) is 0 Å². The van der Waals surface area contributed by atoms with Crippen LogP contribution in [-0.2, 0) is 0 Å². The number of carbonyl (C=O) groups excluding carboxylic acids is 1. The molecule has 3 aromatic rings. The zero-order valence-electron chi connectivity index (χ0n) is 12.4. The highest BCUT2D eigenvalue weighted by molar-refractivity contribution is 7.22. The Labute approximate surface area is 135 Å². The molecule has 0 saturated heterocycles. The number of halogens is 2. The molecular formula is C16H13F2N3OS. The first-order valence-electron chi connectivity index (χ1n) is 6.84. The average Bonchev–Trinajstić information content (AvgIpc) is 2.85. The van der Waals surface area contributed by atoms with Crippen molar-refractivity contribution in [1.82, 2.24) is 4.98 Å². The van der Waals surface area contributed by atoms with Crippen LogP contribution in [0.25, 0.3) is 10.2 Å². The van der Waals surface area contributed by atoms with Gasteiger partial charge in [-0.3, -0.25) is 5.32 Å². The number of thiazole rings is 1. The van der Waals surface area contributed by atoms with Crippen molar-refractivity contribution in [3.05, 3.63) is 53.1 Å². The SMILES string of the molecule is Cc1cc(C)c2nc(NC(=O)Nc3c(F)cccc3F)sc2c1. The first kappa shape index (κ1) is 15.4. The molecule has 118 valence electrons. The van der Waals surface area contributed by atoms with E-state index in [9.17, 15) is 13.6 Å². The second-order valence-corrected chi connectivity index (χ2v) is 6.15. The number of aryl methyl sites for hydroxylation is 2. The number of hydrogen-bond acceptors (Lipinski definition) is 3. The fourth-order valence-electron chi connectivity index (χ4n) is 2.28. The second-order valence-electron chi connectivity index (χ2n) is 5.12. The first-order chi connectivity index (χ1) is 10.9. The van der Waals surface area contributed by atoms with Crippen LogP contribution in [0.15, 0.2) is 30.3 Å². The minimum Gasteiger partial charge on any atom is -0.302 e. The Morgan fingerprint density at radius 1 is 1.13 bits per heavy atom. The van der Waals surface area contributed by atoms with Gasteiger partial charge in [0.05, 0.1) is 10.2 Å². The highest BCUT2D eigenvalue weighted by Crippen LogP contribution is 2.29. The van der Waals surface area contributed by atoms with Gasteiger partial charge in [0.2, 0.25) is 0 Å². The highest BCUT2D eigenvalue weighted by atomic mass is 32.1. The largest absolute Gasteiger partial charge is 0.325 e. The zero-order chi connectivity index (χ0) is 16.6. The molecule has 1 aromatic heterocycles. The van der Waals surface area contributed by atoms with Gasteiger partial charge in [-0.1, -0.05) is 23.5 Å². The van der Waals surface area contributed by atoms with Crippen LogP contribution in [0.4, 0.5) is 24.4 Å². The Kier molecular flexibility index (Phi) is 3.96. The molecule has 0 saturated carbocycles. The van der Waals surface area contributed by atoms with Crippen LogP contribution in [0.5, 0.6) is 0 Å². The summed E-state index contributed by atoms with van der Waals surface area (Å²) in [5, 5.41) is 5.03. The lowest BCUT2D eigenvalue weighted by Gasteiger charge is -2.07. The van der Waals surface area contributed by atoms with E-state index in [0.717, 1.165) is 33.5 Å². The average molecular weight is 333 g/mol. The lowest BCUT2D eigenvalue weighted by molar-refractivity contribution is 0.262.